The van der Waals surface area contributed by atoms with E-state index in [0.29, 0.717) is 0 Å². The van der Waals surface area contributed by atoms with Gasteiger partial charge in [0, 0.05) is 16.7 Å². The van der Waals surface area contributed by atoms with E-state index in [1.807, 2.05) is 42.5 Å². The quantitative estimate of drug-likeness (QED) is 0.555. The molecule has 0 radical (unpaired) electrons. The van der Waals surface area contributed by atoms with Crippen molar-refractivity contribution in [2.75, 3.05) is 0 Å². The lowest BCUT2D eigenvalue weighted by atomic mass is 10.2. The predicted molar refractivity (Wildman–Crippen MR) is 96.3 cm³/mol. The molecule has 0 fully saturated rings. The summed E-state index contributed by atoms with van der Waals surface area (Å²) in [5.41, 5.74) is 3.44. The Balaban J connectivity index is 1.63. The smallest absolute Gasteiger partial charge is 0.267 e. The molecule has 0 spiro atoms. The van der Waals surface area contributed by atoms with Crippen molar-refractivity contribution in [3.63, 3.8) is 0 Å². The number of carbonyl (C=O) groups is 1. The Kier molecular flexibility index (Phi) is 5.53. The van der Waals surface area contributed by atoms with Crippen molar-refractivity contribution in [3.8, 4) is 0 Å². The van der Waals surface area contributed by atoms with Gasteiger partial charge in [0.1, 0.15) is 10.8 Å². The standard InChI is InChI=1S/C19H14FN3OS/c20-16-7-4-6-15(12-16)19(24)23-22-13-14-5-3-8-17(11-14)25-18-9-1-2-10-21-18/h1-13H,(H,23,24)/b22-13+. The highest BCUT2D eigenvalue weighted by Crippen LogP contribution is 2.25. The van der Waals surface area contributed by atoms with Gasteiger partial charge in [0.2, 0.25) is 0 Å². The molecule has 25 heavy (non-hydrogen) atoms. The van der Waals surface area contributed by atoms with Gasteiger partial charge in [-0.1, -0.05) is 36.0 Å². The van der Waals surface area contributed by atoms with E-state index in [9.17, 15) is 9.18 Å². The van der Waals surface area contributed by atoms with E-state index in [4.69, 9.17) is 0 Å². The molecular formula is C19H14FN3OS. The maximum Gasteiger partial charge on any atom is 0.271 e. The fourth-order valence-corrected chi connectivity index (χ4v) is 2.89. The Morgan fingerprint density at radius 3 is 2.76 bits per heavy atom. The van der Waals surface area contributed by atoms with Gasteiger partial charge < -0.3 is 0 Å². The van der Waals surface area contributed by atoms with E-state index < -0.39 is 11.7 Å². The minimum Gasteiger partial charge on any atom is -0.267 e. The second kappa shape index (κ2) is 8.21. The first-order chi connectivity index (χ1) is 12.2. The molecule has 0 atom stereocenters. The first-order valence-electron chi connectivity index (χ1n) is 7.49. The van der Waals surface area contributed by atoms with E-state index in [1.54, 1.807) is 12.4 Å². The lowest BCUT2D eigenvalue weighted by Crippen LogP contribution is -2.17. The van der Waals surface area contributed by atoms with Crippen LogP contribution in [0.3, 0.4) is 0 Å². The average molecular weight is 351 g/mol. The number of halogens is 1. The molecule has 0 saturated heterocycles. The van der Waals surface area contributed by atoms with Crippen molar-refractivity contribution in [3.05, 3.63) is 89.9 Å². The Morgan fingerprint density at radius 2 is 1.96 bits per heavy atom. The number of nitrogens with zero attached hydrogens (tertiary/aromatic N) is 2. The van der Waals surface area contributed by atoms with Crippen LogP contribution in [0, 0.1) is 5.82 Å². The molecule has 1 heterocycles. The fraction of sp³-hybridized carbons (Fsp3) is 0. The van der Waals surface area contributed by atoms with Crippen LogP contribution in [0.1, 0.15) is 15.9 Å². The number of hydrogen-bond donors (Lipinski definition) is 1. The first kappa shape index (κ1) is 16.9. The van der Waals surface area contributed by atoms with Crippen molar-refractivity contribution in [2.24, 2.45) is 5.10 Å². The Labute approximate surface area is 148 Å². The molecule has 124 valence electrons. The summed E-state index contributed by atoms with van der Waals surface area (Å²) in [6.07, 6.45) is 3.29. The number of rotatable bonds is 5. The number of hydrogen-bond acceptors (Lipinski definition) is 4. The van der Waals surface area contributed by atoms with Crippen LogP contribution >= 0.6 is 11.8 Å². The molecule has 0 bridgehead atoms. The molecule has 1 aromatic heterocycles. The summed E-state index contributed by atoms with van der Waals surface area (Å²) in [4.78, 5) is 17.2. The Hall–Kier alpha value is -2.99. The summed E-state index contributed by atoms with van der Waals surface area (Å²) in [6.45, 7) is 0. The zero-order chi connectivity index (χ0) is 17.5. The number of nitrogens with one attached hydrogen (secondary N) is 1. The van der Waals surface area contributed by atoms with Gasteiger partial charge in [-0.3, -0.25) is 4.79 Å². The molecule has 4 nitrogen and oxygen atoms in total. The molecule has 0 unspecified atom stereocenters. The maximum absolute atomic E-state index is 13.1. The molecule has 0 aliphatic rings. The highest BCUT2D eigenvalue weighted by atomic mass is 32.2. The summed E-state index contributed by atoms with van der Waals surface area (Å²) in [7, 11) is 0. The van der Waals surface area contributed by atoms with Gasteiger partial charge in [-0.2, -0.15) is 5.10 Å². The van der Waals surface area contributed by atoms with E-state index in [1.165, 1.54) is 30.0 Å². The molecule has 1 N–H and O–H groups in total. The third-order valence-electron chi connectivity index (χ3n) is 3.18. The van der Waals surface area contributed by atoms with Gasteiger partial charge in [0.05, 0.1) is 6.21 Å². The molecule has 3 aromatic rings. The topological polar surface area (TPSA) is 54.4 Å². The predicted octanol–water partition coefficient (Wildman–Crippen LogP) is 4.14. The monoisotopic (exact) mass is 351 g/mol. The van der Waals surface area contributed by atoms with Gasteiger partial charge in [-0.15, -0.1) is 0 Å². The largest absolute Gasteiger partial charge is 0.271 e. The minimum atomic E-state index is -0.463. The van der Waals surface area contributed by atoms with E-state index in [-0.39, 0.29) is 5.56 Å². The highest BCUT2D eigenvalue weighted by Gasteiger charge is 2.04. The number of hydrazone groups is 1. The van der Waals surface area contributed by atoms with Crippen molar-refractivity contribution < 1.29 is 9.18 Å². The summed E-state index contributed by atoms with van der Waals surface area (Å²) >= 11 is 1.54. The Bertz CT molecular complexity index is 900. The number of aromatic nitrogens is 1. The van der Waals surface area contributed by atoms with Gasteiger partial charge >= 0.3 is 0 Å². The SMILES string of the molecule is O=C(N/N=C/c1cccc(Sc2ccccn2)c1)c1cccc(F)c1. The van der Waals surface area contributed by atoms with Crippen molar-refractivity contribution in [2.45, 2.75) is 9.92 Å². The van der Waals surface area contributed by atoms with Crippen LogP contribution in [0.4, 0.5) is 4.39 Å². The first-order valence-corrected chi connectivity index (χ1v) is 8.30. The number of pyridine rings is 1. The van der Waals surface area contributed by atoms with Crippen LogP contribution < -0.4 is 5.43 Å². The van der Waals surface area contributed by atoms with Crippen LogP contribution in [-0.4, -0.2) is 17.1 Å². The molecule has 6 heteroatoms. The number of amides is 1. The minimum absolute atomic E-state index is 0.219. The zero-order valence-electron chi connectivity index (χ0n) is 13.1. The molecule has 2 aromatic carbocycles. The second-order valence-electron chi connectivity index (χ2n) is 5.05. The van der Waals surface area contributed by atoms with Crippen molar-refractivity contribution >= 4 is 23.9 Å². The molecule has 0 aliphatic carbocycles. The third kappa shape index (κ3) is 4.99. The van der Waals surface area contributed by atoms with Gasteiger partial charge in [-0.25, -0.2) is 14.8 Å². The summed E-state index contributed by atoms with van der Waals surface area (Å²) < 4.78 is 13.1. The lowest BCUT2D eigenvalue weighted by Gasteiger charge is -2.02. The Morgan fingerprint density at radius 1 is 1.08 bits per heavy atom. The summed E-state index contributed by atoms with van der Waals surface area (Å²) in [6, 6.07) is 18.9. The van der Waals surface area contributed by atoms with E-state index >= 15 is 0 Å². The van der Waals surface area contributed by atoms with Crippen molar-refractivity contribution in [1.29, 1.82) is 0 Å². The highest BCUT2D eigenvalue weighted by molar-refractivity contribution is 7.99. The number of carbonyl (C=O) groups excluding carboxylic acids is 1. The van der Waals surface area contributed by atoms with Gasteiger partial charge in [0.25, 0.3) is 5.91 Å². The van der Waals surface area contributed by atoms with Gasteiger partial charge in [0.15, 0.2) is 0 Å². The van der Waals surface area contributed by atoms with Crippen LogP contribution in [0.2, 0.25) is 0 Å². The molecule has 0 saturated carbocycles. The van der Waals surface area contributed by atoms with Crippen molar-refractivity contribution in [1.82, 2.24) is 10.4 Å². The van der Waals surface area contributed by atoms with E-state index in [0.717, 1.165) is 21.6 Å². The molecule has 0 aliphatic heterocycles. The third-order valence-corrected chi connectivity index (χ3v) is 4.13. The van der Waals surface area contributed by atoms with E-state index in [2.05, 4.69) is 15.5 Å². The summed E-state index contributed by atoms with van der Waals surface area (Å²) in [5, 5.41) is 4.82. The van der Waals surface area contributed by atoms with Gasteiger partial charge in [-0.05, 0) is 48.0 Å². The van der Waals surface area contributed by atoms with Crippen LogP contribution in [0.15, 0.2) is 87.9 Å². The second-order valence-corrected chi connectivity index (χ2v) is 6.15. The lowest BCUT2D eigenvalue weighted by molar-refractivity contribution is 0.0954. The van der Waals surface area contributed by atoms with Crippen LogP contribution in [0.5, 0.6) is 0 Å². The summed E-state index contributed by atoms with van der Waals surface area (Å²) in [5.74, 6) is -0.925. The average Bonchev–Trinajstić information content (AvgIpc) is 2.63. The number of benzene rings is 2. The van der Waals surface area contributed by atoms with Crippen LogP contribution in [-0.2, 0) is 0 Å². The molecule has 3 rings (SSSR count). The normalized spacial score (nSPS) is 10.8. The van der Waals surface area contributed by atoms with Crippen LogP contribution in [0.25, 0.3) is 0 Å². The molecular weight excluding hydrogens is 337 g/mol. The fourth-order valence-electron chi connectivity index (χ4n) is 2.05. The zero-order valence-corrected chi connectivity index (χ0v) is 13.9. The molecule has 1 amide bonds. The maximum atomic E-state index is 13.1.